The van der Waals surface area contributed by atoms with E-state index in [2.05, 4.69) is 5.32 Å². The van der Waals surface area contributed by atoms with Gasteiger partial charge in [0.2, 0.25) is 11.8 Å². The van der Waals surface area contributed by atoms with Crippen LogP contribution in [0, 0.1) is 17.8 Å². The average Bonchev–Trinajstić information content (AvgIpc) is 2.97. The van der Waals surface area contributed by atoms with E-state index in [1.165, 1.54) is 0 Å². The van der Waals surface area contributed by atoms with Gasteiger partial charge in [0.05, 0.1) is 30.5 Å². The number of nitrogens with zero attached hydrogens (tertiary/aromatic N) is 1. The molecule has 214 valence electrons. The van der Waals surface area contributed by atoms with Gasteiger partial charge in [-0.25, -0.2) is 0 Å². The third kappa shape index (κ3) is 7.81. The molecule has 7 nitrogen and oxygen atoms in total. The number of carbonyl (C=O) groups excluding carboxylic acids is 3. The van der Waals surface area contributed by atoms with E-state index in [0.29, 0.717) is 38.6 Å². The fourth-order valence-electron chi connectivity index (χ4n) is 5.52. The Morgan fingerprint density at radius 2 is 1.75 bits per heavy atom. The number of ether oxygens (including phenoxy) is 1. The lowest BCUT2D eigenvalue weighted by Crippen LogP contribution is -2.49. The highest BCUT2D eigenvalue weighted by atomic mass is 16.5. The summed E-state index contributed by atoms with van der Waals surface area (Å²) >= 11 is 0. The molecular weight excluding hydrogens is 504 g/mol. The first-order chi connectivity index (χ1) is 19.4. The zero-order valence-electron chi connectivity index (χ0n) is 23.6. The highest BCUT2D eigenvalue weighted by Crippen LogP contribution is 2.26. The summed E-state index contributed by atoms with van der Waals surface area (Å²) in [7, 11) is 0. The molecule has 2 aromatic carbocycles. The largest absolute Gasteiger partial charge is 0.463 e. The van der Waals surface area contributed by atoms with Gasteiger partial charge in [-0.2, -0.15) is 0 Å². The number of rotatable bonds is 6. The van der Waals surface area contributed by atoms with E-state index >= 15 is 0 Å². The second-order valence-electron chi connectivity index (χ2n) is 11.4. The summed E-state index contributed by atoms with van der Waals surface area (Å²) in [5, 5.41) is 13.1. The fraction of sp³-hybridized carbons (Fsp3) is 0.485. The van der Waals surface area contributed by atoms with Crippen molar-refractivity contribution in [3.05, 3.63) is 83.4 Å². The van der Waals surface area contributed by atoms with E-state index in [1.807, 2.05) is 80.6 Å². The van der Waals surface area contributed by atoms with E-state index < -0.39 is 5.92 Å². The van der Waals surface area contributed by atoms with Crippen LogP contribution in [-0.2, 0) is 38.5 Å². The number of esters is 1. The number of hydrogen-bond acceptors (Lipinski definition) is 5. The molecule has 2 heterocycles. The lowest BCUT2D eigenvalue weighted by atomic mass is 9.92. The van der Waals surface area contributed by atoms with Crippen LogP contribution >= 0.6 is 0 Å². The average molecular weight is 547 g/mol. The first-order valence-corrected chi connectivity index (χ1v) is 14.5. The molecule has 2 aliphatic heterocycles. The Morgan fingerprint density at radius 1 is 1.02 bits per heavy atom. The molecule has 4 atom stereocenters. The Balaban J connectivity index is 1.48. The van der Waals surface area contributed by atoms with Crippen molar-refractivity contribution in [1.82, 2.24) is 10.2 Å². The van der Waals surface area contributed by atoms with Gasteiger partial charge in [-0.1, -0.05) is 80.6 Å². The number of cyclic esters (lactones) is 1. The second kappa shape index (κ2) is 14.3. The fourth-order valence-corrected chi connectivity index (χ4v) is 5.52. The van der Waals surface area contributed by atoms with Gasteiger partial charge >= 0.3 is 5.97 Å². The summed E-state index contributed by atoms with van der Waals surface area (Å²) in [5.41, 5.74) is 3.31. The molecule has 40 heavy (non-hydrogen) atoms. The number of aliphatic hydroxyl groups excluding tert-OH is 1. The van der Waals surface area contributed by atoms with Crippen molar-refractivity contribution < 1.29 is 24.2 Å². The van der Waals surface area contributed by atoms with Crippen molar-refractivity contribution in [1.29, 1.82) is 0 Å². The third-order valence-electron chi connectivity index (χ3n) is 8.14. The number of nitrogens with one attached hydrogen (secondary N) is 1. The molecular formula is C33H42N2O5. The Kier molecular flexibility index (Phi) is 10.5. The second-order valence-corrected chi connectivity index (χ2v) is 11.4. The van der Waals surface area contributed by atoms with Crippen molar-refractivity contribution in [2.45, 2.75) is 71.0 Å². The van der Waals surface area contributed by atoms with Gasteiger partial charge in [0.1, 0.15) is 6.61 Å². The minimum Gasteiger partial charge on any atom is -0.463 e. The molecule has 0 saturated heterocycles. The highest BCUT2D eigenvalue weighted by molar-refractivity contribution is 5.86. The number of allylic oxidation sites excluding steroid dienone is 2. The molecule has 0 radical (unpaired) electrons. The summed E-state index contributed by atoms with van der Waals surface area (Å²) < 4.78 is 5.76. The van der Waals surface area contributed by atoms with Gasteiger partial charge in [-0.05, 0) is 54.7 Å². The summed E-state index contributed by atoms with van der Waals surface area (Å²) in [4.78, 5) is 41.8. The van der Waals surface area contributed by atoms with Crippen LogP contribution in [0.4, 0.5) is 0 Å². The number of hydrogen-bond donors (Lipinski definition) is 2. The van der Waals surface area contributed by atoms with Gasteiger partial charge < -0.3 is 20.1 Å². The number of amides is 2. The Bertz CT molecular complexity index is 1180. The standard InChI is InChI=1S/C33H42N2O5/c1-23(2)30-22-40-33(39)27(17-24-11-5-3-6-12-24)15-8-4-7-14-26(32(38)34-30)19-31(37)35-20-28-16-10-9-13-25(28)18-29(35)21-36/h3-7,9-13,16,23,26-27,29-30,36H,8,14-15,17-22H2,1-2H3,(H,34,38)/t26-,27-,29+,30-/m1/s1. The van der Waals surface area contributed by atoms with Crippen molar-refractivity contribution in [2.24, 2.45) is 17.8 Å². The molecule has 0 unspecified atom stereocenters. The van der Waals surface area contributed by atoms with Crippen molar-refractivity contribution in [3.63, 3.8) is 0 Å². The minimum atomic E-state index is -0.557. The van der Waals surface area contributed by atoms with E-state index in [-0.39, 0.29) is 61.3 Å². The highest BCUT2D eigenvalue weighted by Gasteiger charge is 2.33. The predicted molar refractivity (Wildman–Crippen MR) is 154 cm³/mol. The van der Waals surface area contributed by atoms with Crippen LogP contribution < -0.4 is 5.32 Å². The zero-order chi connectivity index (χ0) is 28.5. The smallest absolute Gasteiger partial charge is 0.309 e. The van der Waals surface area contributed by atoms with Crippen molar-refractivity contribution in [3.8, 4) is 0 Å². The summed E-state index contributed by atoms with van der Waals surface area (Å²) in [6.07, 6.45) is 6.96. The predicted octanol–water partition coefficient (Wildman–Crippen LogP) is 4.22. The molecule has 0 aromatic heterocycles. The molecule has 0 aliphatic carbocycles. The molecule has 2 aromatic rings. The molecule has 0 bridgehead atoms. The van der Waals surface area contributed by atoms with Crippen LogP contribution in [0.3, 0.4) is 0 Å². The number of aliphatic hydroxyl groups is 1. The lowest BCUT2D eigenvalue weighted by Gasteiger charge is -2.36. The number of benzene rings is 2. The van der Waals surface area contributed by atoms with Crippen LogP contribution in [0.25, 0.3) is 0 Å². The minimum absolute atomic E-state index is 0.0405. The Labute approximate surface area is 237 Å². The van der Waals surface area contributed by atoms with E-state index in [0.717, 1.165) is 16.7 Å². The van der Waals surface area contributed by atoms with Crippen LogP contribution in [0.5, 0.6) is 0 Å². The maximum Gasteiger partial charge on any atom is 0.309 e. The number of fused-ring (bicyclic) bond motifs is 1. The maximum atomic E-state index is 13.5. The van der Waals surface area contributed by atoms with E-state index in [1.54, 1.807) is 4.90 Å². The van der Waals surface area contributed by atoms with Crippen LogP contribution in [0.2, 0.25) is 0 Å². The maximum absolute atomic E-state index is 13.5. The van der Waals surface area contributed by atoms with Crippen LogP contribution in [-0.4, -0.2) is 53.1 Å². The summed E-state index contributed by atoms with van der Waals surface area (Å²) in [6.45, 7) is 4.36. The van der Waals surface area contributed by atoms with Crippen LogP contribution in [0.1, 0.15) is 56.2 Å². The summed E-state index contributed by atoms with van der Waals surface area (Å²) in [5.74, 6) is -1.39. The lowest BCUT2D eigenvalue weighted by molar-refractivity contribution is -0.150. The molecule has 7 heteroatoms. The normalized spacial score (nSPS) is 24.2. The number of carbonyl (C=O) groups is 3. The molecule has 4 rings (SSSR count). The quantitative estimate of drug-likeness (QED) is 0.418. The SMILES string of the molecule is CC(C)[C@H]1COC(=O)[C@@H](Cc2ccccc2)CCC=CC[C@H](CC(=O)N2Cc3ccccc3C[C@H]2CO)C(=O)N1. The third-order valence-corrected chi connectivity index (χ3v) is 8.14. The molecule has 2 N–H and O–H groups in total. The Morgan fingerprint density at radius 3 is 2.48 bits per heavy atom. The van der Waals surface area contributed by atoms with E-state index in [4.69, 9.17) is 4.74 Å². The first-order valence-electron chi connectivity index (χ1n) is 14.5. The van der Waals surface area contributed by atoms with Crippen LogP contribution in [0.15, 0.2) is 66.7 Å². The molecule has 0 fully saturated rings. The zero-order valence-corrected chi connectivity index (χ0v) is 23.6. The molecule has 0 saturated carbocycles. The summed E-state index contributed by atoms with van der Waals surface area (Å²) in [6, 6.07) is 17.3. The van der Waals surface area contributed by atoms with Crippen molar-refractivity contribution in [2.75, 3.05) is 13.2 Å². The molecule has 2 amide bonds. The van der Waals surface area contributed by atoms with Gasteiger partial charge in [-0.15, -0.1) is 0 Å². The van der Waals surface area contributed by atoms with Gasteiger partial charge in [0.25, 0.3) is 0 Å². The molecule has 0 spiro atoms. The Hall–Kier alpha value is -3.45. The van der Waals surface area contributed by atoms with Gasteiger partial charge in [-0.3, -0.25) is 14.4 Å². The van der Waals surface area contributed by atoms with E-state index in [9.17, 15) is 19.5 Å². The van der Waals surface area contributed by atoms with Crippen molar-refractivity contribution >= 4 is 17.8 Å². The monoisotopic (exact) mass is 546 g/mol. The van der Waals surface area contributed by atoms with Gasteiger partial charge in [0.15, 0.2) is 0 Å². The van der Waals surface area contributed by atoms with Gasteiger partial charge in [0, 0.05) is 13.0 Å². The first kappa shape index (κ1) is 29.5. The molecule has 2 aliphatic rings. The topological polar surface area (TPSA) is 95.9 Å².